The van der Waals surface area contributed by atoms with Gasteiger partial charge in [-0.05, 0) is 20.3 Å². The highest BCUT2D eigenvalue weighted by Gasteiger charge is 2.14. The molecule has 0 spiro atoms. The van der Waals surface area contributed by atoms with Crippen LogP contribution in [0.15, 0.2) is 12.4 Å². The van der Waals surface area contributed by atoms with Gasteiger partial charge in [0, 0.05) is 26.3 Å². The SMILES string of the molecule is CCCNc1cc(N(CC)C(C)COC)ncn1. The van der Waals surface area contributed by atoms with Crippen molar-refractivity contribution in [3.05, 3.63) is 12.4 Å². The van der Waals surface area contributed by atoms with Crippen molar-refractivity contribution in [1.82, 2.24) is 9.97 Å². The third-order valence-corrected chi connectivity index (χ3v) is 2.78. The highest BCUT2D eigenvalue weighted by molar-refractivity contribution is 5.48. The Balaban J connectivity index is 2.78. The first-order chi connectivity index (χ1) is 8.72. The van der Waals surface area contributed by atoms with E-state index in [1.165, 1.54) is 0 Å². The third-order valence-electron chi connectivity index (χ3n) is 2.78. The van der Waals surface area contributed by atoms with Gasteiger partial charge in [0.2, 0.25) is 0 Å². The summed E-state index contributed by atoms with van der Waals surface area (Å²) in [4.78, 5) is 10.8. The number of methoxy groups -OCH3 is 1. The van der Waals surface area contributed by atoms with E-state index in [0.717, 1.165) is 31.1 Å². The normalized spacial score (nSPS) is 12.2. The summed E-state index contributed by atoms with van der Waals surface area (Å²) in [5.74, 6) is 1.82. The molecule has 0 aliphatic carbocycles. The summed E-state index contributed by atoms with van der Waals surface area (Å²) in [7, 11) is 1.72. The number of rotatable bonds is 8. The zero-order chi connectivity index (χ0) is 13.4. The topological polar surface area (TPSA) is 50.3 Å². The summed E-state index contributed by atoms with van der Waals surface area (Å²) >= 11 is 0. The number of hydrogen-bond donors (Lipinski definition) is 1. The van der Waals surface area contributed by atoms with Crippen LogP contribution in [0.4, 0.5) is 11.6 Å². The van der Waals surface area contributed by atoms with E-state index in [-0.39, 0.29) is 0 Å². The predicted octanol–water partition coefficient (Wildman–Crippen LogP) is 2.16. The Kier molecular flexibility index (Phi) is 6.43. The second-order valence-corrected chi connectivity index (χ2v) is 4.28. The van der Waals surface area contributed by atoms with E-state index in [1.54, 1.807) is 13.4 Å². The molecule has 0 saturated heterocycles. The van der Waals surface area contributed by atoms with Crippen LogP contribution in [0.3, 0.4) is 0 Å². The molecule has 0 saturated carbocycles. The Hall–Kier alpha value is -1.36. The van der Waals surface area contributed by atoms with Gasteiger partial charge in [-0.2, -0.15) is 0 Å². The van der Waals surface area contributed by atoms with E-state index in [0.29, 0.717) is 12.6 Å². The van der Waals surface area contributed by atoms with Crippen LogP contribution in [0.2, 0.25) is 0 Å². The molecule has 0 aromatic carbocycles. The lowest BCUT2D eigenvalue weighted by Gasteiger charge is -2.28. The molecule has 0 amide bonds. The molecule has 1 unspecified atom stereocenters. The summed E-state index contributed by atoms with van der Waals surface area (Å²) in [5.41, 5.74) is 0. The molecule has 0 aliphatic rings. The maximum Gasteiger partial charge on any atom is 0.134 e. The molecule has 1 heterocycles. The average Bonchev–Trinajstić information content (AvgIpc) is 2.38. The Morgan fingerprint density at radius 3 is 2.78 bits per heavy atom. The zero-order valence-corrected chi connectivity index (χ0v) is 11.8. The van der Waals surface area contributed by atoms with Crippen LogP contribution >= 0.6 is 0 Å². The van der Waals surface area contributed by atoms with Crippen LogP contribution in [0.1, 0.15) is 27.2 Å². The largest absolute Gasteiger partial charge is 0.383 e. The second kappa shape index (κ2) is 7.87. The number of ether oxygens (including phenoxy) is 1. The summed E-state index contributed by atoms with van der Waals surface area (Å²) < 4.78 is 5.20. The molecule has 1 atom stereocenters. The molecule has 18 heavy (non-hydrogen) atoms. The molecule has 0 bridgehead atoms. The van der Waals surface area contributed by atoms with Gasteiger partial charge in [-0.25, -0.2) is 9.97 Å². The fraction of sp³-hybridized carbons (Fsp3) is 0.692. The maximum absolute atomic E-state index is 5.20. The number of likely N-dealkylation sites (N-methyl/N-ethyl adjacent to an activating group) is 1. The van der Waals surface area contributed by atoms with E-state index >= 15 is 0 Å². The van der Waals surface area contributed by atoms with Gasteiger partial charge in [0.15, 0.2) is 0 Å². The quantitative estimate of drug-likeness (QED) is 0.768. The molecule has 0 radical (unpaired) electrons. The molecule has 5 heteroatoms. The minimum absolute atomic E-state index is 0.300. The monoisotopic (exact) mass is 252 g/mol. The molecule has 1 aromatic rings. The van der Waals surface area contributed by atoms with Crippen LogP contribution in [0.5, 0.6) is 0 Å². The number of nitrogens with zero attached hydrogens (tertiary/aromatic N) is 3. The fourth-order valence-electron chi connectivity index (χ4n) is 1.88. The number of nitrogens with one attached hydrogen (secondary N) is 1. The third kappa shape index (κ3) is 4.14. The lowest BCUT2D eigenvalue weighted by Crippen LogP contribution is -2.36. The second-order valence-electron chi connectivity index (χ2n) is 4.28. The molecular weight excluding hydrogens is 228 g/mol. The van der Waals surface area contributed by atoms with E-state index in [1.807, 2.05) is 6.07 Å². The van der Waals surface area contributed by atoms with Crippen molar-refractivity contribution in [3.63, 3.8) is 0 Å². The predicted molar refractivity (Wildman–Crippen MR) is 75.2 cm³/mol. The molecule has 102 valence electrons. The van der Waals surface area contributed by atoms with Gasteiger partial charge in [-0.15, -0.1) is 0 Å². The van der Waals surface area contributed by atoms with Crippen LogP contribution in [-0.4, -0.2) is 42.8 Å². The van der Waals surface area contributed by atoms with E-state index in [9.17, 15) is 0 Å². The zero-order valence-electron chi connectivity index (χ0n) is 11.8. The molecular formula is C13H24N4O. The van der Waals surface area contributed by atoms with Gasteiger partial charge in [0.25, 0.3) is 0 Å². The Labute approximate surface area is 110 Å². The first-order valence-corrected chi connectivity index (χ1v) is 6.54. The highest BCUT2D eigenvalue weighted by Crippen LogP contribution is 2.16. The maximum atomic E-state index is 5.20. The van der Waals surface area contributed by atoms with Crippen molar-refractivity contribution in [3.8, 4) is 0 Å². The van der Waals surface area contributed by atoms with Crippen LogP contribution in [0.25, 0.3) is 0 Å². The fourth-order valence-corrected chi connectivity index (χ4v) is 1.88. The lowest BCUT2D eigenvalue weighted by atomic mass is 10.3. The standard InChI is InChI=1S/C13H24N4O/c1-5-7-14-12-8-13(16-10-15-12)17(6-2)11(3)9-18-4/h8,10-11H,5-7,9H2,1-4H3,(H,14,15,16). The molecule has 0 fully saturated rings. The van der Waals surface area contributed by atoms with E-state index in [2.05, 4.69) is 41.0 Å². The van der Waals surface area contributed by atoms with Crippen molar-refractivity contribution >= 4 is 11.6 Å². The molecule has 1 rings (SSSR count). The number of hydrogen-bond acceptors (Lipinski definition) is 5. The minimum Gasteiger partial charge on any atom is -0.383 e. The average molecular weight is 252 g/mol. The number of aromatic nitrogens is 2. The van der Waals surface area contributed by atoms with Crippen molar-refractivity contribution in [1.29, 1.82) is 0 Å². The van der Waals surface area contributed by atoms with Crippen molar-refractivity contribution in [2.45, 2.75) is 33.2 Å². The van der Waals surface area contributed by atoms with Gasteiger partial charge in [0.05, 0.1) is 12.6 Å². The highest BCUT2D eigenvalue weighted by atomic mass is 16.5. The van der Waals surface area contributed by atoms with Gasteiger partial charge in [0.1, 0.15) is 18.0 Å². The van der Waals surface area contributed by atoms with Crippen LogP contribution in [-0.2, 0) is 4.74 Å². The van der Waals surface area contributed by atoms with Crippen molar-refractivity contribution in [2.24, 2.45) is 0 Å². The Morgan fingerprint density at radius 1 is 1.39 bits per heavy atom. The van der Waals surface area contributed by atoms with Crippen molar-refractivity contribution in [2.75, 3.05) is 37.0 Å². The lowest BCUT2D eigenvalue weighted by molar-refractivity contribution is 0.181. The minimum atomic E-state index is 0.300. The van der Waals surface area contributed by atoms with Gasteiger partial charge in [-0.1, -0.05) is 6.92 Å². The Morgan fingerprint density at radius 2 is 2.17 bits per heavy atom. The summed E-state index contributed by atoms with van der Waals surface area (Å²) in [5, 5.41) is 3.28. The molecule has 0 aliphatic heterocycles. The van der Waals surface area contributed by atoms with Crippen LogP contribution in [0, 0.1) is 0 Å². The smallest absolute Gasteiger partial charge is 0.134 e. The van der Waals surface area contributed by atoms with Gasteiger partial charge >= 0.3 is 0 Å². The summed E-state index contributed by atoms with van der Waals surface area (Å²) in [6, 6.07) is 2.29. The van der Waals surface area contributed by atoms with Crippen molar-refractivity contribution < 1.29 is 4.74 Å². The summed E-state index contributed by atoms with van der Waals surface area (Å²) in [6.45, 7) is 8.90. The molecule has 1 aromatic heterocycles. The van der Waals surface area contributed by atoms with Gasteiger partial charge < -0.3 is 15.0 Å². The van der Waals surface area contributed by atoms with Crippen LogP contribution < -0.4 is 10.2 Å². The van der Waals surface area contributed by atoms with E-state index in [4.69, 9.17) is 4.74 Å². The first-order valence-electron chi connectivity index (χ1n) is 6.54. The number of anilines is 2. The first kappa shape index (κ1) is 14.7. The summed E-state index contributed by atoms with van der Waals surface area (Å²) in [6.07, 6.45) is 2.69. The van der Waals surface area contributed by atoms with E-state index < -0.39 is 0 Å². The molecule has 1 N–H and O–H groups in total. The Bertz CT molecular complexity index is 346. The molecule has 5 nitrogen and oxygen atoms in total. The van der Waals surface area contributed by atoms with Gasteiger partial charge in [-0.3, -0.25) is 0 Å².